The van der Waals surface area contributed by atoms with Crippen molar-refractivity contribution in [3.63, 3.8) is 0 Å². The number of hydrogen-bond donors (Lipinski definition) is 0. The smallest absolute Gasteiger partial charge is 0.168 e. The summed E-state index contributed by atoms with van der Waals surface area (Å²) in [7, 11) is 1.70. The number of hydrogen-bond acceptors (Lipinski definition) is 7. The van der Waals surface area contributed by atoms with Gasteiger partial charge in [0.1, 0.15) is 5.75 Å². The monoisotopic (exact) mass is 412 g/mol. The third-order valence-electron chi connectivity index (χ3n) is 5.50. The minimum atomic E-state index is 0.257. The van der Waals surface area contributed by atoms with Gasteiger partial charge in [-0.1, -0.05) is 19.4 Å². The van der Waals surface area contributed by atoms with Gasteiger partial charge in [0, 0.05) is 36.7 Å². The first kappa shape index (κ1) is 19.8. The van der Waals surface area contributed by atoms with E-state index >= 15 is 0 Å². The molecule has 8 heteroatoms. The van der Waals surface area contributed by atoms with Crippen molar-refractivity contribution in [2.75, 3.05) is 38.2 Å². The lowest BCUT2D eigenvalue weighted by Crippen LogP contribution is -2.48. The fourth-order valence-corrected chi connectivity index (χ4v) is 4.63. The van der Waals surface area contributed by atoms with Crippen LogP contribution < -0.4 is 9.64 Å². The Hall–Kier alpha value is -2.45. The Kier molecular flexibility index (Phi) is 6.41. The second-order valence-corrected chi connectivity index (χ2v) is 8.33. The van der Waals surface area contributed by atoms with E-state index in [4.69, 9.17) is 4.74 Å². The van der Waals surface area contributed by atoms with Crippen LogP contribution in [0.3, 0.4) is 0 Å². The Bertz CT molecular complexity index is 871. The molecule has 1 aromatic carbocycles. The number of rotatable bonds is 8. The first-order valence-corrected chi connectivity index (χ1v) is 11.1. The molecule has 4 rings (SSSR count). The summed E-state index contributed by atoms with van der Waals surface area (Å²) in [5.74, 6) is 1.88. The summed E-state index contributed by atoms with van der Waals surface area (Å²) in [4.78, 5) is 6.26. The van der Waals surface area contributed by atoms with Crippen molar-refractivity contribution in [3.05, 3.63) is 52.5 Å². The lowest BCUT2D eigenvalue weighted by molar-refractivity contribution is 0.164. The Balaban J connectivity index is 1.44. The van der Waals surface area contributed by atoms with Crippen molar-refractivity contribution in [2.45, 2.75) is 32.4 Å². The molecule has 1 fully saturated rings. The number of piperazine rings is 1. The number of benzene rings is 1. The standard InChI is InChI=1S/C21H28N6OS/c1-3-5-20(21-22-23-24-27(21)16-19-6-4-15-29-19)26-13-11-25(12-14-26)17-7-9-18(28-2)10-8-17/h4,6-10,15,20H,3,5,11-14,16H2,1-2H3/t20-/m1/s1. The molecular formula is C21H28N6OS. The van der Waals surface area contributed by atoms with Crippen molar-refractivity contribution in [2.24, 2.45) is 0 Å². The first-order valence-electron chi connectivity index (χ1n) is 10.2. The van der Waals surface area contributed by atoms with Crippen LogP contribution in [-0.4, -0.2) is 58.4 Å². The molecule has 7 nitrogen and oxygen atoms in total. The van der Waals surface area contributed by atoms with Crippen molar-refractivity contribution < 1.29 is 4.74 Å². The van der Waals surface area contributed by atoms with Crippen LogP contribution in [0.4, 0.5) is 5.69 Å². The highest BCUT2D eigenvalue weighted by Crippen LogP contribution is 2.28. The van der Waals surface area contributed by atoms with Gasteiger partial charge in [-0.3, -0.25) is 4.90 Å². The molecule has 0 saturated carbocycles. The Labute approximate surface area is 175 Å². The van der Waals surface area contributed by atoms with Crippen LogP contribution in [0.15, 0.2) is 41.8 Å². The van der Waals surface area contributed by atoms with E-state index in [1.165, 1.54) is 10.6 Å². The summed E-state index contributed by atoms with van der Waals surface area (Å²) in [6.07, 6.45) is 2.17. The van der Waals surface area contributed by atoms with Gasteiger partial charge in [-0.25, -0.2) is 4.68 Å². The second kappa shape index (κ2) is 9.37. The minimum Gasteiger partial charge on any atom is -0.497 e. The zero-order valence-electron chi connectivity index (χ0n) is 17.1. The minimum absolute atomic E-state index is 0.257. The van der Waals surface area contributed by atoms with Gasteiger partial charge in [0.2, 0.25) is 0 Å². The van der Waals surface area contributed by atoms with Crippen LogP contribution >= 0.6 is 11.3 Å². The van der Waals surface area contributed by atoms with E-state index in [0.29, 0.717) is 0 Å². The fraction of sp³-hybridized carbons (Fsp3) is 0.476. The van der Waals surface area contributed by atoms with Gasteiger partial charge in [-0.05, 0) is 52.6 Å². The molecule has 0 unspecified atom stereocenters. The average Bonchev–Trinajstić information content (AvgIpc) is 3.45. The molecule has 0 spiro atoms. The maximum absolute atomic E-state index is 5.27. The van der Waals surface area contributed by atoms with Crippen LogP contribution in [0.1, 0.15) is 36.5 Å². The number of tetrazole rings is 1. The zero-order valence-corrected chi connectivity index (χ0v) is 17.9. The molecule has 0 aliphatic carbocycles. The maximum atomic E-state index is 5.27. The molecule has 2 aromatic heterocycles. The number of ether oxygens (including phenoxy) is 1. The topological polar surface area (TPSA) is 59.3 Å². The Morgan fingerprint density at radius 2 is 1.90 bits per heavy atom. The van der Waals surface area contributed by atoms with Crippen LogP contribution in [0.2, 0.25) is 0 Å². The second-order valence-electron chi connectivity index (χ2n) is 7.30. The lowest BCUT2D eigenvalue weighted by Gasteiger charge is -2.39. The SMILES string of the molecule is CCC[C@H](c1nnnn1Cc1cccs1)N1CCN(c2ccc(OC)cc2)CC1. The molecular weight excluding hydrogens is 384 g/mol. The van der Waals surface area contributed by atoms with E-state index in [-0.39, 0.29) is 6.04 Å². The van der Waals surface area contributed by atoms with Gasteiger partial charge in [-0.2, -0.15) is 0 Å². The zero-order chi connectivity index (χ0) is 20.1. The number of thiophene rings is 1. The van der Waals surface area contributed by atoms with Crippen molar-refractivity contribution in [1.29, 1.82) is 0 Å². The van der Waals surface area contributed by atoms with E-state index in [2.05, 4.69) is 61.9 Å². The maximum Gasteiger partial charge on any atom is 0.168 e. The largest absolute Gasteiger partial charge is 0.497 e. The highest BCUT2D eigenvalue weighted by molar-refractivity contribution is 7.09. The molecule has 1 saturated heterocycles. The van der Waals surface area contributed by atoms with Crippen LogP contribution in [0.5, 0.6) is 5.75 Å². The quantitative estimate of drug-likeness (QED) is 0.565. The molecule has 0 N–H and O–H groups in total. The average molecular weight is 413 g/mol. The fourth-order valence-electron chi connectivity index (χ4n) is 3.95. The molecule has 154 valence electrons. The van der Waals surface area contributed by atoms with Crippen LogP contribution in [0, 0.1) is 0 Å². The van der Waals surface area contributed by atoms with Gasteiger partial charge >= 0.3 is 0 Å². The van der Waals surface area contributed by atoms with Gasteiger partial charge in [0.25, 0.3) is 0 Å². The van der Waals surface area contributed by atoms with Crippen molar-refractivity contribution in [1.82, 2.24) is 25.1 Å². The highest BCUT2D eigenvalue weighted by Gasteiger charge is 2.28. The van der Waals surface area contributed by atoms with Gasteiger partial charge in [0.05, 0.1) is 19.7 Å². The molecule has 0 radical (unpaired) electrons. The van der Waals surface area contributed by atoms with Gasteiger partial charge < -0.3 is 9.64 Å². The van der Waals surface area contributed by atoms with Crippen molar-refractivity contribution in [3.8, 4) is 5.75 Å². The number of anilines is 1. The molecule has 29 heavy (non-hydrogen) atoms. The normalized spacial score (nSPS) is 16.1. The van der Waals surface area contributed by atoms with Crippen LogP contribution in [0.25, 0.3) is 0 Å². The summed E-state index contributed by atoms with van der Waals surface area (Å²) < 4.78 is 7.25. The highest BCUT2D eigenvalue weighted by atomic mass is 32.1. The number of aromatic nitrogens is 4. The number of methoxy groups -OCH3 is 1. The van der Waals surface area contributed by atoms with Gasteiger partial charge in [0.15, 0.2) is 5.82 Å². The van der Waals surface area contributed by atoms with E-state index < -0.39 is 0 Å². The third-order valence-corrected chi connectivity index (χ3v) is 6.36. The van der Waals surface area contributed by atoms with E-state index in [1.807, 2.05) is 16.8 Å². The molecule has 1 atom stereocenters. The van der Waals surface area contributed by atoms with Crippen molar-refractivity contribution >= 4 is 17.0 Å². The molecule has 3 aromatic rings. The van der Waals surface area contributed by atoms with E-state index in [1.54, 1.807) is 18.4 Å². The summed E-state index contributed by atoms with van der Waals surface area (Å²) >= 11 is 1.75. The predicted molar refractivity (Wildman–Crippen MR) is 116 cm³/mol. The lowest BCUT2D eigenvalue weighted by atomic mass is 10.1. The first-order chi connectivity index (χ1) is 14.3. The number of nitrogens with zero attached hydrogens (tertiary/aromatic N) is 6. The summed E-state index contributed by atoms with van der Waals surface area (Å²) in [6, 6.07) is 12.8. The van der Waals surface area contributed by atoms with Gasteiger partial charge in [-0.15, -0.1) is 16.4 Å². The molecule has 0 amide bonds. The summed E-state index contributed by atoms with van der Waals surface area (Å²) in [5, 5.41) is 14.8. The Morgan fingerprint density at radius 1 is 1.10 bits per heavy atom. The molecule has 1 aliphatic rings. The summed E-state index contributed by atoms with van der Waals surface area (Å²) in [5.41, 5.74) is 1.25. The van der Waals surface area contributed by atoms with Crippen LogP contribution in [-0.2, 0) is 6.54 Å². The molecule has 0 bridgehead atoms. The summed E-state index contributed by atoms with van der Waals surface area (Å²) in [6.45, 7) is 6.98. The predicted octanol–water partition coefficient (Wildman–Crippen LogP) is 3.45. The Morgan fingerprint density at radius 3 is 2.55 bits per heavy atom. The van der Waals surface area contributed by atoms with E-state index in [0.717, 1.165) is 57.1 Å². The molecule has 3 heterocycles. The molecule has 1 aliphatic heterocycles. The third kappa shape index (κ3) is 4.59. The van der Waals surface area contributed by atoms with E-state index in [9.17, 15) is 0 Å².